The van der Waals surface area contributed by atoms with Gasteiger partial charge < -0.3 is 15.8 Å². The van der Waals surface area contributed by atoms with E-state index in [4.69, 9.17) is 10.5 Å². The molecule has 3 nitrogen and oxygen atoms in total. The van der Waals surface area contributed by atoms with E-state index in [0.717, 1.165) is 45.5 Å². The molecule has 0 aromatic heterocycles. The summed E-state index contributed by atoms with van der Waals surface area (Å²) in [5.74, 6) is 0.698. The fourth-order valence-electron chi connectivity index (χ4n) is 2.76. The van der Waals surface area contributed by atoms with Crippen molar-refractivity contribution in [1.82, 2.24) is 5.32 Å². The highest BCUT2D eigenvalue weighted by Crippen LogP contribution is 2.25. The van der Waals surface area contributed by atoms with E-state index in [2.05, 4.69) is 26.1 Å². The van der Waals surface area contributed by atoms with Crippen LogP contribution in [0.2, 0.25) is 0 Å². The highest BCUT2D eigenvalue weighted by Gasteiger charge is 2.28. The van der Waals surface area contributed by atoms with E-state index in [0.29, 0.717) is 17.4 Å². The second-order valence-electron chi connectivity index (χ2n) is 5.41. The van der Waals surface area contributed by atoms with E-state index < -0.39 is 0 Å². The molecule has 2 atom stereocenters. The molecule has 102 valence electrons. The summed E-state index contributed by atoms with van der Waals surface area (Å²) in [5, 5.41) is 3.63. The van der Waals surface area contributed by atoms with Crippen LogP contribution in [-0.2, 0) is 4.74 Å². The van der Waals surface area contributed by atoms with Gasteiger partial charge in [-0.3, -0.25) is 0 Å². The van der Waals surface area contributed by atoms with Crippen molar-refractivity contribution in [2.75, 3.05) is 26.2 Å². The monoisotopic (exact) mass is 242 g/mol. The van der Waals surface area contributed by atoms with Crippen LogP contribution >= 0.6 is 0 Å². The first-order valence-corrected chi connectivity index (χ1v) is 7.23. The first kappa shape index (κ1) is 14.9. The van der Waals surface area contributed by atoms with Crippen molar-refractivity contribution in [3.63, 3.8) is 0 Å². The average molecular weight is 242 g/mol. The molecule has 3 N–H and O–H groups in total. The van der Waals surface area contributed by atoms with Gasteiger partial charge in [0.25, 0.3) is 0 Å². The number of nitrogens with one attached hydrogen (secondary N) is 1. The smallest absolute Gasteiger partial charge is 0.0613 e. The molecule has 1 aliphatic heterocycles. The number of hydrogen-bond donors (Lipinski definition) is 2. The average Bonchev–Trinajstić information content (AvgIpc) is 2.83. The summed E-state index contributed by atoms with van der Waals surface area (Å²) in [5.41, 5.74) is 6.20. The van der Waals surface area contributed by atoms with Gasteiger partial charge in [0, 0.05) is 19.7 Å². The molecular formula is C14H30N2O. The van der Waals surface area contributed by atoms with Crippen LogP contribution in [0.1, 0.15) is 46.5 Å². The summed E-state index contributed by atoms with van der Waals surface area (Å²) in [4.78, 5) is 0. The summed E-state index contributed by atoms with van der Waals surface area (Å²) in [6, 6.07) is 0. The van der Waals surface area contributed by atoms with Crippen molar-refractivity contribution in [1.29, 1.82) is 0 Å². The van der Waals surface area contributed by atoms with Gasteiger partial charge in [-0.15, -0.1) is 0 Å². The lowest BCUT2D eigenvalue weighted by Gasteiger charge is -2.31. The lowest BCUT2D eigenvalue weighted by Crippen LogP contribution is -2.41. The Morgan fingerprint density at radius 3 is 2.53 bits per heavy atom. The van der Waals surface area contributed by atoms with Gasteiger partial charge in [-0.2, -0.15) is 0 Å². The van der Waals surface area contributed by atoms with E-state index >= 15 is 0 Å². The second-order valence-corrected chi connectivity index (χ2v) is 5.41. The molecular weight excluding hydrogens is 212 g/mol. The Hall–Kier alpha value is -0.120. The summed E-state index contributed by atoms with van der Waals surface area (Å²) in [7, 11) is 0. The molecule has 2 unspecified atom stereocenters. The molecule has 1 aliphatic rings. The molecule has 3 heteroatoms. The summed E-state index contributed by atoms with van der Waals surface area (Å²) >= 11 is 0. The van der Waals surface area contributed by atoms with Crippen molar-refractivity contribution < 1.29 is 4.74 Å². The zero-order valence-electron chi connectivity index (χ0n) is 11.8. The molecule has 0 radical (unpaired) electrons. The van der Waals surface area contributed by atoms with Crippen LogP contribution in [0.4, 0.5) is 0 Å². The predicted octanol–water partition coefficient (Wildman–Crippen LogP) is 2.16. The van der Waals surface area contributed by atoms with Crippen molar-refractivity contribution in [3.05, 3.63) is 0 Å². The first-order valence-electron chi connectivity index (χ1n) is 7.23. The van der Waals surface area contributed by atoms with Crippen LogP contribution in [0, 0.1) is 11.3 Å². The Bertz CT molecular complexity index is 196. The molecule has 1 fully saturated rings. The second kappa shape index (κ2) is 7.34. The van der Waals surface area contributed by atoms with Gasteiger partial charge in [-0.05, 0) is 43.6 Å². The molecule has 0 spiro atoms. The third-order valence-corrected chi connectivity index (χ3v) is 4.59. The quantitative estimate of drug-likeness (QED) is 0.685. The molecule has 0 amide bonds. The maximum atomic E-state index is 5.91. The zero-order chi connectivity index (χ0) is 12.7. The molecule has 0 aromatic rings. The highest BCUT2D eigenvalue weighted by molar-refractivity contribution is 4.82. The van der Waals surface area contributed by atoms with Gasteiger partial charge in [0.1, 0.15) is 0 Å². The standard InChI is InChI=1S/C14H30N2O/c1-4-13-12(7-8-17-13)9-16-11-14(5-2,6-3)10-15/h12-13,16H,4-11,15H2,1-3H3. The van der Waals surface area contributed by atoms with Crippen molar-refractivity contribution in [2.24, 2.45) is 17.1 Å². The number of ether oxygens (including phenoxy) is 1. The van der Waals surface area contributed by atoms with E-state index in [1.54, 1.807) is 0 Å². The van der Waals surface area contributed by atoms with Crippen LogP contribution in [0.15, 0.2) is 0 Å². The van der Waals surface area contributed by atoms with Crippen molar-refractivity contribution >= 4 is 0 Å². The predicted molar refractivity (Wildman–Crippen MR) is 73.1 cm³/mol. The van der Waals surface area contributed by atoms with Gasteiger partial charge in [0.2, 0.25) is 0 Å². The molecule has 1 heterocycles. The molecule has 1 rings (SSSR count). The lowest BCUT2D eigenvalue weighted by atomic mass is 9.82. The van der Waals surface area contributed by atoms with Gasteiger partial charge in [0.15, 0.2) is 0 Å². The van der Waals surface area contributed by atoms with Crippen molar-refractivity contribution in [3.8, 4) is 0 Å². The van der Waals surface area contributed by atoms with Gasteiger partial charge in [0.05, 0.1) is 6.10 Å². The van der Waals surface area contributed by atoms with E-state index in [1.807, 2.05) is 0 Å². The third-order valence-electron chi connectivity index (χ3n) is 4.59. The van der Waals surface area contributed by atoms with Crippen LogP contribution < -0.4 is 11.1 Å². The largest absolute Gasteiger partial charge is 0.378 e. The fraction of sp³-hybridized carbons (Fsp3) is 1.00. The zero-order valence-corrected chi connectivity index (χ0v) is 11.8. The van der Waals surface area contributed by atoms with Crippen molar-refractivity contribution in [2.45, 2.75) is 52.6 Å². The minimum atomic E-state index is 0.293. The Balaban J connectivity index is 2.30. The maximum Gasteiger partial charge on any atom is 0.0613 e. The topological polar surface area (TPSA) is 47.3 Å². The van der Waals surface area contributed by atoms with Gasteiger partial charge >= 0.3 is 0 Å². The minimum absolute atomic E-state index is 0.293. The normalized spacial score (nSPS) is 25.4. The molecule has 0 bridgehead atoms. The molecule has 1 saturated heterocycles. The Morgan fingerprint density at radius 2 is 2.00 bits per heavy atom. The van der Waals surface area contributed by atoms with Crippen LogP contribution in [0.25, 0.3) is 0 Å². The van der Waals surface area contributed by atoms with Crippen LogP contribution in [-0.4, -0.2) is 32.3 Å². The fourth-order valence-corrected chi connectivity index (χ4v) is 2.76. The van der Waals surface area contributed by atoms with Crippen LogP contribution in [0.3, 0.4) is 0 Å². The molecule has 17 heavy (non-hydrogen) atoms. The molecule has 0 aromatic carbocycles. The first-order chi connectivity index (χ1) is 8.21. The number of nitrogens with two attached hydrogens (primary N) is 1. The SMILES string of the molecule is CCC1OCCC1CNCC(CC)(CC)CN. The highest BCUT2D eigenvalue weighted by atomic mass is 16.5. The summed E-state index contributed by atoms with van der Waals surface area (Å²) in [6.45, 7) is 10.5. The van der Waals surface area contributed by atoms with E-state index in [9.17, 15) is 0 Å². The minimum Gasteiger partial charge on any atom is -0.378 e. The Labute approximate surface area is 106 Å². The lowest BCUT2D eigenvalue weighted by molar-refractivity contribution is 0.0862. The third kappa shape index (κ3) is 3.94. The van der Waals surface area contributed by atoms with Gasteiger partial charge in [-0.1, -0.05) is 20.8 Å². The van der Waals surface area contributed by atoms with Crippen LogP contribution in [0.5, 0.6) is 0 Å². The number of hydrogen-bond acceptors (Lipinski definition) is 3. The molecule has 0 saturated carbocycles. The molecule has 0 aliphatic carbocycles. The summed E-state index contributed by atoms with van der Waals surface area (Å²) in [6.07, 6.45) is 5.13. The van der Waals surface area contributed by atoms with E-state index in [1.165, 1.54) is 6.42 Å². The number of rotatable bonds is 8. The Morgan fingerprint density at radius 1 is 1.29 bits per heavy atom. The van der Waals surface area contributed by atoms with E-state index in [-0.39, 0.29) is 0 Å². The Kier molecular flexibility index (Phi) is 6.45. The maximum absolute atomic E-state index is 5.91. The van der Waals surface area contributed by atoms with Gasteiger partial charge in [-0.25, -0.2) is 0 Å². The summed E-state index contributed by atoms with van der Waals surface area (Å²) < 4.78 is 5.71.